The van der Waals surface area contributed by atoms with Gasteiger partial charge >= 0.3 is 5.97 Å². The third kappa shape index (κ3) is 4.98. The lowest BCUT2D eigenvalue weighted by Crippen LogP contribution is -2.40. The summed E-state index contributed by atoms with van der Waals surface area (Å²) in [5, 5.41) is 12.1. The van der Waals surface area contributed by atoms with Gasteiger partial charge in [0.25, 0.3) is 0 Å². The number of rotatable bonds is 7. The Kier molecular flexibility index (Phi) is 6.44. The van der Waals surface area contributed by atoms with Crippen LogP contribution in [0, 0.1) is 11.8 Å². The van der Waals surface area contributed by atoms with Crippen molar-refractivity contribution in [1.82, 2.24) is 5.32 Å². The molecule has 2 N–H and O–H groups in total. The number of ether oxygens (including phenoxy) is 1. The molecule has 0 bridgehead atoms. The molecule has 5 nitrogen and oxygen atoms in total. The molecule has 0 spiro atoms. The Hall–Kier alpha value is -2.04. The quantitative estimate of drug-likeness (QED) is 0.810. The third-order valence-corrected chi connectivity index (χ3v) is 4.34. The average Bonchev–Trinajstić information content (AvgIpc) is 2.55. The topological polar surface area (TPSA) is 75.6 Å². The van der Waals surface area contributed by atoms with Crippen molar-refractivity contribution in [3.63, 3.8) is 0 Å². The number of carbonyl (C=O) groups excluding carboxylic acids is 1. The van der Waals surface area contributed by atoms with E-state index in [0.29, 0.717) is 32.4 Å². The first-order chi connectivity index (χ1) is 11.1. The minimum absolute atomic E-state index is 0.127. The van der Waals surface area contributed by atoms with Crippen molar-refractivity contribution in [2.75, 3.05) is 13.2 Å². The van der Waals surface area contributed by atoms with Crippen LogP contribution < -0.4 is 10.1 Å². The summed E-state index contributed by atoms with van der Waals surface area (Å²) in [4.78, 5) is 23.5. The molecule has 2 unspecified atom stereocenters. The lowest BCUT2D eigenvalue weighted by atomic mass is 9.78. The van der Waals surface area contributed by atoms with E-state index in [9.17, 15) is 14.7 Å². The predicted octanol–water partition coefficient (Wildman–Crippen LogP) is 2.63. The molecule has 0 saturated heterocycles. The number of hydrogen-bond donors (Lipinski definition) is 2. The van der Waals surface area contributed by atoms with Crippen molar-refractivity contribution < 1.29 is 19.4 Å². The fourth-order valence-corrected chi connectivity index (χ4v) is 3.16. The van der Waals surface area contributed by atoms with E-state index < -0.39 is 17.8 Å². The van der Waals surface area contributed by atoms with Gasteiger partial charge in [-0.1, -0.05) is 25.0 Å². The smallest absolute Gasteiger partial charge is 0.307 e. The molecular weight excluding hydrogens is 294 g/mol. The van der Waals surface area contributed by atoms with E-state index in [2.05, 4.69) is 5.32 Å². The number of carboxylic acid groups (broad SMARTS) is 1. The average molecular weight is 319 g/mol. The second-order valence-electron chi connectivity index (χ2n) is 5.96. The lowest BCUT2D eigenvalue weighted by molar-refractivity contribution is -0.148. The monoisotopic (exact) mass is 319 g/mol. The molecule has 1 amide bonds. The highest BCUT2D eigenvalue weighted by molar-refractivity contribution is 5.84. The van der Waals surface area contributed by atoms with Crippen molar-refractivity contribution >= 4 is 11.9 Å². The summed E-state index contributed by atoms with van der Waals surface area (Å²) in [6.07, 6.45) is 3.80. The Labute approximate surface area is 137 Å². The van der Waals surface area contributed by atoms with E-state index in [1.54, 1.807) is 0 Å². The number of nitrogens with one attached hydrogen (secondary N) is 1. The zero-order valence-electron chi connectivity index (χ0n) is 13.6. The standard InChI is InChI=1S/C18H25NO4/c1-2-23-14-7-5-6-13(12-14)10-11-19-17(20)15-8-3-4-9-16(15)18(21)22/h5-7,12,15-16H,2-4,8-11H2,1H3,(H,19,20)(H,21,22). The van der Waals surface area contributed by atoms with Gasteiger partial charge in [-0.05, 0) is 43.9 Å². The van der Waals surface area contributed by atoms with Gasteiger partial charge < -0.3 is 15.2 Å². The lowest BCUT2D eigenvalue weighted by Gasteiger charge is -2.27. The summed E-state index contributed by atoms with van der Waals surface area (Å²) in [6, 6.07) is 7.81. The van der Waals surface area contributed by atoms with E-state index in [1.165, 1.54) is 0 Å². The fraction of sp³-hybridized carbons (Fsp3) is 0.556. The van der Waals surface area contributed by atoms with E-state index in [4.69, 9.17) is 4.74 Å². The number of carboxylic acids is 1. The van der Waals surface area contributed by atoms with Gasteiger partial charge in [0.1, 0.15) is 5.75 Å². The molecule has 126 valence electrons. The Morgan fingerprint density at radius 1 is 1.26 bits per heavy atom. The van der Waals surface area contributed by atoms with Crippen LogP contribution in [0.4, 0.5) is 0 Å². The zero-order valence-corrected chi connectivity index (χ0v) is 13.6. The number of benzene rings is 1. The molecule has 1 aromatic carbocycles. The van der Waals surface area contributed by atoms with Crippen LogP contribution in [0.3, 0.4) is 0 Å². The number of hydrogen-bond acceptors (Lipinski definition) is 3. The predicted molar refractivity (Wildman–Crippen MR) is 87.4 cm³/mol. The van der Waals surface area contributed by atoms with Gasteiger partial charge in [-0.25, -0.2) is 0 Å². The first-order valence-corrected chi connectivity index (χ1v) is 8.34. The molecule has 1 saturated carbocycles. The minimum atomic E-state index is -0.853. The zero-order chi connectivity index (χ0) is 16.7. The van der Waals surface area contributed by atoms with Crippen LogP contribution in [0.1, 0.15) is 38.2 Å². The van der Waals surface area contributed by atoms with Crippen molar-refractivity contribution in [2.24, 2.45) is 11.8 Å². The molecule has 1 aliphatic rings. The molecule has 0 radical (unpaired) electrons. The van der Waals surface area contributed by atoms with Gasteiger partial charge in [-0.3, -0.25) is 9.59 Å². The van der Waals surface area contributed by atoms with Gasteiger partial charge in [0.2, 0.25) is 5.91 Å². The Morgan fingerprint density at radius 3 is 2.70 bits per heavy atom. The molecule has 2 atom stereocenters. The van der Waals surface area contributed by atoms with E-state index >= 15 is 0 Å². The second-order valence-corrected chi connectivity index (χ2v) is 5.96. The van der Waals surface area contributed by atoms with Crippen LogP contribution in [0.2, 0.25) is 0 Å². The first kappa shape index (κ1) is 17.3. The van der Waals surface area contributed by atoms with Crippen LogP contribution >= 0.6 is 0 Å². The van der Waals surface area contributed by atoms with Crippen LogP contribution in [-0.4, -0.2) is 30.1 Å². The highest BCUT2D eigenvalue weighted by Gasteiger charge is 2.35. The molecule has 1 aromatic rings. The highest BCUT2D eigenvalue weighted by Crippen LogP contribution is 2.30. The Morgan fingerprint density at radius 2 is 2.00 bits per heavy atom. The van der Waals surface area contributed by atoms with E-state index in [1.807, 2.05) is 31.2 Å². The number of carbonyl (C=O) groups is 2. The molecule has 1 aliphatic carbocycles. The van der Waals surface area contributed by atoms with Crippen LogP contribution in [0.5, 0.6) is 5.75 Å². The Balaban J connectivity index is 1.84. The summed E-state index contributed by atoms with van der Waals surface area (Å²) >= 11 is 0. The van der Waals surface area contributed by atoms with Gasteiger partial charge in [-0.15, -0.1) is 0 Å². The number of amides is 1. The molecule has 1 fully saturated rings. The summed E-state index contributed by atoms with van der Waals surface area (Å²) in [6.45, 7) is 3.08. The summed E-state index contributed by atoms with van der Waals surface area (Å²) in [7, 11) is 0. The van der Waals surface area contributed by atoms with Crippen molar-refractivity contribution in [3.05, 3.63) is 29.8 Å². The largest absolute Gasteiger partial charge is 0.494 e. The molecule has 2 rings (SSSR count). The molecule has 0 aliphatic heterocycles. The third-order valence-electron chi connectivity index (χ3n) is 4.34. The number of aliphatic carboxylic acids is 1. The van der Waals surface area contributed by atoms with E-state index in [0.717, 1.165) is 24.2 Å². The van der Waals surface area contributed by atoms with E-state index in [-0.39, 0.29) is 5.91 Å². The van der Waals surface area contributed by atoms with Gasteiger partial charge in [0, 0.05) is 6.54 Å². The van der Waals surface area contributed by atoms with Crippen LogP contribution in [0.25, 0.3) is 0 Å². The molecular formula is C18H25NO4. The molecule has 0 aromatic heterocycles. The molecule has 5 heteroatoms. The van der Waals surface area contributed by atoms with Gasteiger partial charge in [0.05, 0.1) is 18.4 Å². The fourth-order valence-electron chi connectivity index (χ4n) is 3.16. The first-order valence-electron chi connectivity index (χ1n) is 8.34. The highest BCUT2D eigenvalue weighted by atomic mass is 16.5. The normalized spacial score (nSPS) is 20.7. The minimum Gasteiger partial charge on any atom is -0.494 e. The SMILES string of the molecule is CCOc1cccc(CCNC(=O)C2CCCCC2C(=O)O)c1. The molecule has 23 heavy (non-hydrogen) atoms. The van der Waals surface area contributed by atoms with Crippen molar-refractivity contribution in [3.8, 4) is 5.75 Å². The maximum atomic E-state index is 12.3. The summed E-state index contributed by atoms with van der Waals surface area (Å²) < 4.78 is 5.46. The van der Waals surface area contributed by atoms with Crippen molar-refractivity contribution in [1.29, 1.82) is 0 Å². The van der Waals surface area contributed by atoms with Gasteiger partial charge in [-0.2, -0.15) is 0 Å². The maximum Gasteiger partial charge on any atom is 0.307 e. The van der Waals surface area contributed by atoms with Crippen molar-refractivity contribution in [2.45, 2.75) is 39.0 Å². The second kappa shape index (κ2) is 8.56. The Bertz CT molecular complexity index is 544. The maximum absolute atomic E-state index is 12.3. The summed E-state index contributed by atoms with van der Waals surface area (Å²) in [5.41, 5.74) is 1.09. The van der Waals surface area contributed by atoms with Gasteiger partial charge in [0.15, 0.2) is 0 Å². The molecule has 0 heterocycles. The summed E-state index contributed by atoms with van der Waals surface area (Å²) in [5.74, 6) is -1.08. The van der Waals surface area contributed by atoms with Crippen LogP contribution in [0.15, 0.2) is 24.3 Å². The van der Waals surface area contributed by atoms with Crippen LogP contribution in [-0.2, 0) is 16.0 Å².